The van der Waals surface area contributed by atoms with Crippen LogP contribution in [0.5, 0.6) is 0 Å². The molecule has 72 valence electrons. The van der Waals surface area contributed by atoms with E-state index in [4.69, 9.17) is 0 Å². The standard InChI is InChI=1S/C13H15N/c1-10-2-4-11(5-3-10)12-6-13(7-12)8-14-9-13/h2-6,14H,7-9H2,1H3. The van der Waals surface area contributed by atoms with Crippen LogP contribution >= 0.6 is 0 Å². The highest BCUT2D eigenvalue weighted by atomic mass is 15.0. The summed E-state index contributed by atoms with van der Waals surface area (Å²) in [5.74, 6) is 0. The van der Waals surface area contributed by atoms with Crippen LogP contribution in [0.3, 0.4) is 0 Å². The van der Waals surface area contributed by atoms with Crippen molar-refractivity contribution in [1.29, 1.82) is 0 Å². The number of hydrogen-bond acceptors (Lipinski definition) is 1. The molecule has 1 aromatic rings. The smallest absolute Gasteiger partial charge is 0.0178 e. The van der Waals surface area contributed by atoms with Gasteiger partial charge in [-0.15, -0.1) is 0 Å². The molecule has 0 atom stereocenters. The van der Waals surface area contributed by atoms with Gasteiger partial charge in [0.15, 0.2) is 0 Å². The van der Waals surface area contributed by atoms with Crippen molar-refractivity contribution >= 4 is 5.57 Å². The molecule has 1 saturated heterocycles. The van der Waals surface area contributed by atoms with Crippen LogP contribution in [0, 0.1) is 12.3 Å². The van der Waals surface area contributed by atoms with E-state index in [0.717, 1.165) is 0 Å². The fourth-order valence-electron chi connectivity index (χ4n) is 2.35. The van der Waals surface area contributed by atoms with Crippen LogP contribution in [-0.2, 0) is 0 Å². The van der Waals surface area contributed by atoms with Gasteiger partial charge in [0.2, 0.25) is 0 Å². The van der Waals surface area contributed by atoms with Crippen molar-refractivity contribution < 1.29 is 0 Å². The van der Waals surface area contributed by atoms with Gasteiger partial charge in [-0.25, -0.2) is 0 Å². The molecule has 1 aliphatic carbocycles. The molecule has 1 heteroatoms. The van der Waals surface area contributed by atoms with Gasteiger partial charge in [0.05, 0.1) is 0 Å². The number of benzene rings is 1. The fourth-order valence-corrected chi connectivity index (χ4v) is 2.35. The van der Waals surface area contributed by atoms with E-state index >= 15 is 0 Å². The number of nitrogens with one attached hydrogen (secondary N) is 1. The predicted molar refractivity (Wildman–Crippen MR) is 59.1 cm³/mol. The maximum Gasteiger partial charge on any atom is 0.0178 e. The average Bonchev–Trinajstić information content (AvgIpc) is 2.03. The van der Waals surface area contributed by atoms with E-state index in [1.54, 1.807) is 0 Å². The van der Waals surface area contributed by atoms with E-state index < -0.39 is 0 Å². The van der Waals surface area contributed by atoms with Crippen molar-refractivity contribution in [2.75, 3.05) is 13.1 Å². The zero-order valence-corrected chi connectivity index (χ0v) is 8.51. The number of hydrogen-bond donors (Lipinski definition) is 1. The van der Waals surface area contributed by atoms with Gasteiger partial charge in [0.1, 0.15) is 0 Å². The maximum absolute atomic E-state index is 3.34. The molecular weight excluding hydrogens is 170 g/mol. The van der Waals surface area contributed by atoms with Gasteiger partial charge in [-0.3, -0.25) is 0 Å². The molecule has 0 aromatic heterocycles. The molecule has 1 aromatic carbocycles. The van der Waals surface area contributed by atoms with Gasteiger partial charge in [-0.05, 0) is 24.5 Å². The molecule has 1 spiro atoms. The zero-order chi connectivity index (χ0) is 9.60. The summed E-state index contributed by atoms with van der Waals surface area (Å²) in [5.41, 5.74) is 4.83. The lowest BCUT2D eigenvalue weighted by atomic mass is 9.65. The third kappa shape index (κ3) is 1.12. The molecule has 0 unspecified atom stereocenters. The Balaban J connectivity index is 1.85. The molecule has 1 nitrogen and oxygen atoms in total. The fraction of sp³-hybridized carbons (Fsp3) is 0.385. The molecule has 3 rings (SSSR count). The van der Waals surface area contributed by atoms with Gasteiger partial charge in [0.25, 0.3) is 0 Å². The lowest BCUT2D eigenvalue weighted by Gasteiger charge is -2.48. The first-order chi connectivity index (χ1) is 6.77. The first-order valence-corrected chi connectivity index (χ1v) is 5.27. The Bertz CT molecular complexity index is 382. The van der Waals surface area contributed by atoms with E-state index in [1.807, 2.05) is 0 Å². The van der Waals surface area contributed by atoms with Crippen molar-refractivity contribution in [3.8, 4) is 0 Å². The lowest BCUT2D eigenvalue weighted by Crippen LogP contribution is -2.55. The highest BCUT2D eigenvalue weighted by molar-refractivity contribution is 5.73. The van der Waals surface area contributed by atoms with Crippen molar-refractivity contribution in [2.45, 2.75) is 13.3 Å². The van der Waals surface area contributed by atoms with Crippen LogP contribution in [0.2, 0.25) is 0 Å². The number of aryl methyl sites for hydroxylation is 1. The first kappa shape index (κ1) is 8.25. The summed E-state index contributed by atoms with van der Waals surface area (Å²) in [4.78, 5) is 0. The SMILES string of the molecule is Cc1ccc(C2=CC3(CNC3)C2)cc1. The average molecular weight is 185 g/mol. The quantitative estimate of drug-likeness (QED) is 0.708. The monoisotopic (exact) mass is 185 g/mol. The molecule has 0 radical (unpaired) electrons. The minimum absolute atomic E-state index is 0.542. The highest BCUT2D eigenvalue weighted by Gasteiger charge is 2.41. The second kappa shape index (κ2) is 2.71. The number of allylic oxidation sites excluding steroid dienone is 1. The third-order valence-corrected chi connectivity index (χ3v) is 3.40. The molecule has 1 N–H and O–H groups in total. The van der Waals surface area contributed by atoms with Crippen LogP contribution in [0.25, 0.3) is 5.57 Å². The van der Waals surface area contributed by atoms with Crippen LogP contribution in [-0.4, -0.2) is 13.1 Å². The van der Waals surface area contributed by atoms with Gasteiger partial charge in [-0.2, -0.15) is 0 Å². The van der Waals surface area contributed by atoms with E-state index in [9.17, 15) is 0 Å². The van der Waals surface area contributed by atoms with E-state index in [0.29, 0.717) is 5.41 Å². The summed E-state index contributed by atoms with van der Waals surface area (Å²) in [6, 6.07) is 8.86. The van der Waals surface area contributed by atoms with Crippen LogP contribution in [0.1, 0.15) is 17.5 Å². The van der Waals surface area contributed by atoms with Gasteiger partial charge < -0.3 is 5.32 Å². The van der Waals surface area contributed by atoms with Crippen molar-refractivity contribution in [1.82, 2.24) is 5.32 Å². The first-order valence-electron chi connectivity index (χ1n) is 5.27. The second-order valence-corrected chi connectivity index (χ2v) is 4.68. The third-order valence-electron chi connectivity index (χ3n) is 3.40. The van der Waals surface area contributed by atoms with Gasteiger partial charge in [-0.1, -0.05) is 35.9 Å². The van der Waals surface area contributed by atoms with Gasteiger partial charge in [0, 0.05) is 18.5 Å². The topological polar surface area (TPSA) is 12.0 Å². The van der Waals surface area contributed by atoms with Crippen LogP contribution in [0.15, 0.2) is 30.3 Å². The molecule has 1 heterocycles. The summed E-state index contributed by atoms with van der Waals surface area (Å²) in [6.07, 6.45) is 3.72. The summed E-state index contributed by atoms with van der Waals surface area (Å²) in [6.45, 7) is 4.50. The molecule has 14 heavy (non-hydrogen) atoms. The van der Waals surface area contributed by atoms with Crippen LogP contribution in [0.4, 0.5) is 0 Å². The molecule has 0 amide bonds. The zero-order valence-electron chi connectivity index (χ0n) is 8.51. The summed E-state index contributed by atoms with van der Waals surface area (Å²) in [5, 5.41) is 3.34. The second-order valence-electron chi connectivity index (χ2n) is 4.68. The van der Waals surface area contributed by atoms with Gasteiger partial charge >= 0.3 is 0 Å². The Labute approximate surface area is 84.8 Å². The Morgan fingerprint density at radius 3 is 2.29 bits per heavy atom. The number of rotatable bonds is 1. The normalized spacial score (nSPS) is 22.5. The summed E-state index contributed by atoms with van der Waals surface area (Å²) >= 11 is 0. The summed E-state index contributed by atoms with van der Waals surface area (Å²) in [7, 11) is 0. The molecule has 0 saturated carbocycles. The Morgan fingerprint density at radius 2 is 1.79 bits per heavy atom. The van der Waals surface area contributed by atoms with E-state index in [1.165, 1.54) is 36.2 Å². The van der Waals surface area contributed by atoms with E-state index in [-0.39, 0.29) is 0 Å². The molecule has 1 fully saturated rings. The predicted octanol–water partition coefficient (Wildman–Crippen LogP) is 2.37. The van der Waals surface area contributed by atoms with Crippen molar-refractivity contribution in [3.63, 3.8) is 0 Å². The van der Waals surface area contributed by atoms with Crippen molar-refractivity contribution in [3.05, 3.63) is 41.5 Å². The lowest BCUT2D eigenvalue weighted by molar-refractivity contribution is 0.225. The Morgan fingerprint density at radius 1 is 1.14 bits per heavy atom. The van der Waals surface area contributed by atoms with E-state index in [2.05, 4.69) is 42.6 Å². The molecular formula is C13H15N. The highest BCUT2D eigenvalue weighted by Crippen LogP contribution is 2.46. The Kier molecular flexibility index (Phi) is 1.59. The summed E-state index contributed by atoms with van der Waals surface area (Å²) < 4.78 is 0. The molecule has 2 aliphatic rings. The molecule has 1 aliphatic heterocycles. The maximum atomic E-state index is 3.34. The largest absolute Gasteiger partial charge is 0.315 e. The minimum atomic E-state index is 0.542. The van der Waals surface area contributed by atoms with Crippen LogP contribution < -0.4 is 5.32 Å². The Hall–Kier alpha value is -1.08. The minimum Gasteiger partial charge on any atom is -0.315 e. The molecule has 0 bridgehead atoms. The van der Waals surface area contributed by atoms with Crippen molar-refractivity contribution in [2.24, 2.45) is 5.41 Å².